The number of carbonyl (C=O) groups excluding carboxylic acids is 1. The molecule has 21 heavy (non-hydrogen) atoms. The molecule has 0 saturated carbocycles. The van der Waals surface area contributed by atoms with Gasteiger partial charge in [-0.3, -0.25) is 4.79 Å². The molecule has 112 valence electrons. The van der Waals surface area contributed by atoms with Crippen LogP contribution in [0.3, 0.4) is 0 Å². The number of nitrogens with zero attached hydrogens (tertiary/aromatic N) is 6. The van der Waals surface area contributed by atoms with Gasteiger partial charge in [-0.25, -0.2) is 9.67 Å². The van der Waals surface area contributed by atoms with E-state index in [0.29, 0.717) is 5.92 Å². The molecule has 0 aliphatic carbocycles. The van der Waals surface area contributed by atoms with Crippen molar-refractivity contribution in [1.82, 2.24) is 30.1 Å². The number of carbonyl (C=O) groups is 1. The summed E-state index contributed by atoms with van der Waals surface area (Å²) in [4.78, 5) is 18.9. The summed E-state index contributed by atoms with van der Waals surface area (Å²) in [5, 5.41) is 14.1. The van der Waals surface area contributed by atoms with Gasteiger partial charge in [0, 0.05) is 24.4 Å². The first-order chi connectivity index (χ1) is 10.3. The summed E-state index contributed by atoms with van der Waals surface area (Å²) in [6.07, 6.45) is 4.55. The second-order valence-electron chi connectivity index (χ2n) is 5.22. The fraction of sp³-hybridized carbons (Fsp3) is 0.615. The van der Waals surface area contributed by atoms with Crippen LogP contribution in [0.4, 0.5) is 0 Å². The van der Waals surface area contributed by atoms with Crippen molar-refractivity contribution in [1.29, 1.82) is 0 Å². The molecule has 2 aromatic heterocycles. The maximum absolute atomic E-state index is 12.3. The molecule has 3 rings (SSSR count). The first-order valence-electron chi connectivity index (χ1n) is 7.19. The van der Waals surface area contributed by atoms with Crippen LogP contribution in [0, 0.1) is 0 Å². The largest absolute Gasteiger partial charge is 0.340 e. The Morgan fingerprint density at radius 1 is 1.52 bits per heavy atom. The normalized spacial score (nSPS) is 18.9. The quantitative estimate of drug-likeness (QED) is 0.845. The molecule has 0 radical (unpaired) electrons. The number of amides is 1. The van der Waals surface area contributed by atoms with Crippen molar-refractivity contribution in [2.45, 2.75) is 38.6 Å². The minimum Gasteiger partial charge on any atom is -0.340 e. The van der Waals surface area contributed by atoms with Gasteiger partial charge >= 0.3 is 0 Å². The van der Waals surface area contributed by atoms with E-state index in [2.05, 4.69) is 32.8 Å². The van der Waals surface area contributed by atoms with Crippen LogP contribution in [0.2, 0.25) is 0 Å². The van der Waals surface area contributed by atoms with Crippen molar-refractivity contribution in [2.75, 3.05) is 13.1 Å². The molecule has 1 aliphatic rings. The molecule has 8 heteroatoms. The Kier molecular flexibility index (Phi) is 4.23. The summed E-state index contributed by atoms with van der Waals surface area (Å²) in [5.74, 6) is 0.432. The third-order valence-electron chi connectivity index (χ3n) is 3.74. The minimum atomic E-state index is 0.0688. The number of hydrogen-bond donors (Lipinski definition) is 0. The van der Waals surface area contributed by atoms with Crippen LogP contribution < -0.4 is 0 Å². The SMILES string of the molecule is CCc1csc([C@@H]2CCCN(C(=O)Cn3cnnn3)C2)n1. The van der Waals surface area contributed by atoms with E-state index in [9.17, 15) is 4.79 Å². The van der Waals surface area contributed by atoms with Crippen LogP contribution in [0.5, 0.6) is 0 Å². The Labute approximate surface area is 127 Å². The second kappa shape index (κ2) is 6.30. The number of tetrazole rings is 1. The Bertz CT molecular complexity index is 596. The maximum Gasteiger partial charge on any atom is 0.244 e. The summed E-state index contributed by atoms with van der Waals surface area (Å²) < 4.78 is 1.46. The third-order valence-corrected chi connectivity index (χ3v) is 4.80. The van der Waals surface area contributed by atoms with Gasteiger partial charge in [-0.1, -0.05) is 6.92 Å². The zero-order valence-corrected chi connectivity index (χ0v) is 12.8. The molecule has 0 bridgehead atoms. The summed E-state index contributed by atoms with van der Waals surface area (Å²) in [5.41, 5.74) is 1.15. The van der Waals surface area contributed by atoms with Gasteiger partial charge in [-0.2, -0.15) is 0 Å². The van der Waals surface area contributed by atoms with E-state index in [0.717, 1.165) is 43.1 Å². The fourth-order valence-corrected chi connectivity index (χ4v) is 3.60. The van der Waals surface area contributed by atoms with E-state index in [1.54, 1.807) is 11.3 Å². The van der Waals surface area contributed by atoms with Gasteiger partial charge in [0.15, 0.2) is 0 Å². The van der Waals surface area contributed by atoms with Crippen molar-refractivity contribution >= 4 is 17.2 Å². The van der Waals surface area contributed by atoms with Crippen LogP contribution in [0.25, 0.3) is 0 Å². The van der Waals surface area contributed by atoms with Crippen molar-refractivity contribution in [3.63, 3.8) is 0 Å². The van der Waals surface area contributed by atoms with Gasteiger partial charge in [-0.05, 0) is 29.7 Å². The number of thiazole rings is 1. The predicted molar refractivity (Wildman–Crippen MR) is 77.9 cm³/mol. The molecule has 1 aliphatic heterocycles. The van der Waals surface area contributed by atoms with E-state index in [1.807, 2.05) is 4.90 Å². The zero-order chi connectivity index (χ0) is 14.7. The Morgan fingerprint density at radius 3 is 3.14 bits per heavy atom. The highest BCUT2D eigenvalue weighted by molar-refractivity contribution is 7.09. The number of hydrogen-bond acceptors (Lipinski definition) is 6. The van der Waals surface area contributed by atoms with Crippen molar-refractivity contribution in [3.05, 3.63) is 22.4 Å². The van der Waals surface area contributed by atoms with Crippen molar-refractivity contribution in [2.24, 2.45) is 0 Å². The lowest BCUT2D eigenvalue weighted by Gasteiger charge is -2.31. The highest BCUT2D eigenvalue weighted by Crippen LogP contribution is 2.29. The highest BCUT2D eigenvalue weighted by Gasteiger charge is 2.26. The van der Waals surface area contributed by atoms with Gasteiger partial charge in [0.1, 0.15) is 12.9 Å². The van der Waals surface area contributed by atoms with Crippen LogP contribution in [-0.2, 0) is 17.8 Å². The molecule has 0 unspecified atom stereocenters. The van der Waals surface area contributed by atoms with Crippen LogP contribution >= 0.6 is 11.3 Å². The maximum atomic E-state index is 12.3. The average Bonchev–Trinajstić information content (AvgIpc) is 3.18. The van der Waals surface area contributed by atoms with E-state index in [1.165, 1.54) is 11.0 Å². The topological polar surface area (TPSA) is 76.8 Å². The zero-order valence-electron chi connectivity index (χ0n) is 12.0. The first kappa shape index (κ1) is 14.1. The monoisotopic (exact) mass is 306 g/mol. The van der Waals surface area contributed by atoms with Gasteiger partial charge in [0.2, 0.25) is 5.91 Å². The van der Waals surface area contributed by atoms with E-state index < -0.39 is 0 Å². The molecule has 0 spiro atoms. The van der Waals surface area contributed by atoms with Gasteiger partial charge in [0.25, 0.3) is 0 Å². The van der Waals surface area contributed by atoms with Gasteiger partial charge in [0.05, 0.1) is 10.7 Å². The molecule has 1 atom stereocenters. The molecule has 3 heterocycles. The van der Waals surface area contributed by atoms with Crippen molar-refractivity contribution < 1.29 is 4.79 Å². The summed E-state index contributed by atoms with van der Waals surface area (Å²) >= 11 is 1.71. The van der Waals surface area contributed by atoms with Gasteiger partial charge < -0.3 is 4.90 Å². The van der Waals surface area contributed by atoms with E-state index >= 15 is 0 Å². The second-order valence-corrected chi connectivity index (χ2v) is 6.11. The molecule has 0 N–H and O–H groups in total. The molecule has 1 saturated heterocycles. The minimum absolute atomic E-state index is 0.0688. The number of piperidine rings is 1. The molecule has 0 aromatic carbocycles. The molecule has 1 fully saturated rings. The molecule has 1 amide bonds. The van der Waals surface area contributed by atoms with Crippen molar-refractivity contribution in [3.8, 4) is 0 Å². The molecular formula is C13H18N6OS. The number of rotatable bonds is 4. The van der Waals surface area contributed by atoms with E-state index in [-0.39, 0.29) is 12.5 Å². The predicted octanol–water partition coefficient (Wildman–Crippen LogP) is 1.10. The van der Waals surface area contributed by atoms with Gasteiger partial charge in [-0.15, -0.1) is 16.4 Å². The summed E-state index contributed by atoms with van der Waals surface area (Å²) in [6, 6.07) is 0. The number of aryl methyl sites for hydroxylation is 1. The van der Waals surface area contributed by atoms with Crippen LogP contribution in [0.15, 0.2) is 11.7 Å². The standard InChI is InChI=1S/C13H18N6OS/c1-2-11-8-21-13(15-11)10-4-3-5-18(6-10)12(20)7-19-9-14-16-17-19/h8-10H,2-7H2,1H3/t10-/m1/s1. The Morgan fingerprint density at radius 2 is 2.43 bits per heavy atom. The summed E-state index contributed by atoms with van der Waals surface area (Å²) in [6.45, 7) is 3.88. The third kappa shape index (κ3) is 3.26. The highest BCUT2D eigenvalue weighted by atomic mass is 32.1. The van der Waals surface area contributed by atoms with Crippen LogP contribution in [-0.4, -0.2) is 49.1 Å². The number of likely N-dealkylation sites (tertiary alicyclic amines) is 1. The first-order valence-corrected chi connectivity index (χ1v) is 8.07. The lowest BCUT2D eigenvalue weighted by molar-refractivity contribution is -0.133. The smallest absolute Gasteiger partial charge is 0.244 e. The average molecular weight is 306 g/mol. The van der Waals surface area contributed by atoms with E-state index in [4.69, 9.17) is 0 Å². The molecule has 2 aromatic rings. The Hall–Kier alpha value is -1.83. The fourth-order valence-electron chi connectivity index (χ4n) is 2.57. The lowest BCUT2D eigenvalue weighted by Crippen LogP contribution is -2.40. The lowest BCUT2D eigenvalue weighted by atomic mass is 9.98. The molecular weight excluding hydrogens is 288 g/mol. The number of aromatic nitrogens is 5. The Balaban J connectivity index is 1.63. The van der Waals surface area contributed by atoms with Crippen LogP contribution in [0.1, 0.15) is 36.4 Å². The molecule has 7 nitrogen and oxygen atoms in total. The summed E-state index contributed by atoms with van der Waals surface area (Å²) in [7, 11) is 0.